The van der Waals surface area contributed by atoms with Crippen molar-refractivity contribution in [3.05, 3.63) is 101 Å². The van der Waals surface area contributed by atoms with E-state index in [0.29, 0.717) is 5.56 Å². The van der Waals surface area contributed by atoms with Gasteiger partial charge < -0.3 is 10.0 Å². The molecule has 0 spiro atoms. The Balaban J connectivity index is 1.58. The number of nitrogens with zero attached hydrogens (tertiary/aromatic N) is 2. The van der Waals surface area contributed by atoms with Crippen LogP contribution in [-0.4, -0.2) is 47.4 Å². The molecule has 0 bridgehead atoms. The summed E-state index contributed by atoms with van der Waals surface area (Å²) in [5.74, 6) is -0.915. The smallest absolute Gasteiger partial charge is 0.335 e. The standard InChI is InChI=1S/C38H48N2O5S/c1-7-9-16-24-39-32-22-20-28(36(41)42)26-30(32)37(3,4)34(39)18-14-12-11-13-15-19-35-38(5,6)31-27-29(46(43,44)45)21-23-33(31)40(35)25-17-10-8-2/h11-15,18-23,26-27H,7-10,16-17,24-25H2,1-6H3,(H-,41,42,43,44,45)/p+1. The van der Waals surface area contributed by atoms with Crippen LogP contribution in [-0.2, 0) is 20.9 Å². The number of unbranched alkanes of at least 4 members (excludes halogenated alkanes) is 4. The quantitative estimate of drug-likeness (QED) is 0.0923. The average molecular weight is 646 g/mol. The third-order valence-electron chi connectivity index (χ3n) is 9.22. The number of anilines is 1. The van der Waals surface area contributed by atoms with Crippen LogP contribution >= 0.6 is 0 Å². The second-order valence-electron chi connectivity index (χ2n) is 13.2. The van der Waals surface area contributed by atoms with Gasteiger partial charge in [-0.1, -0.05) is 77.3 Å². The second-order valence-corrected chi connectivity index (χ2v) is 14.6. The first kappa shape index (κ1) is 35.1. The van der Waals surface area contributed by atoms with Crippen LogP contribution in [0.1, 0.15) is 102 Å². The molecule has 0 atom stereocenters. The molecule has 0 saturated carbocycles. The van der Waals surface area contributed by atoms with E-state index in [4.69, 9.17) is 0 Å². The number of allylic oxidation sites excluding steroid dienone is 8. The van der Waals surface area contributed by atoms with Crippen LogP contribution in [0.4, 0.5) is 11.4 Å². The molecule has 8 heteroatoms. The predicted molar refractivity (Wildman–Crippen MR) is 187 cm³/mol. The van der Waals surface area contributed by atoms with Gasteiger partial charge in [0.25, 0.3) is 10.1 Å². The summed E-state index contributed by atoms with van der Waals surface area (Å²) in [5.41, 5.74) is 5.72. The minimum Gasteiger partial charge on any atom is -0.478 e. The van der Waals surface area contributed by atoms with Crippen LogP contribution in [0.2, 0.25) is 0 Å². The molecule has 2 N–H and O–H groups in total. The molecule has 4 rings (SSSR count). The summed E-state index contributed by atoms with van der Waals surface area (Å²) in [6.07, 6.45) is 20.8. The molecule has 2 aromatic rings. The molecule has 0 fully saturated rings. The third-order valence-corrected chi connectivity index (χ3v) is 10.1. The van der Waals surface area contributed by atoms with E-state index in [-0.39, 0.29) is 10.3 Å². The normalized spacial score (nSPS) is 18.1. The molecule has 0 amide bonds. The Morgan fingerprint density at radius 2 is 1.52 bits per heavy atom. The Morgan fingerprint density at radius 3 is 2.20 bits per heavy atom. The molecule has 2 aliphatic heterocycles. The minimum atomic E-state index is -4.30. The topological polar surface area (TPSA) is 97.9 Å². The van der Waals surface area contributed by atoms with Gasteiger partial charge in [0.05, 0.1) is 15.9 Å². The fourth-order valence-electron chi connectivity index (χ4n) is 6.63. The Hall–Kier alpha value is -3.75. The highest BCUT2D eigenvalue weighted by Crippen LogP contribution is 2.48. The highest BCUT2D eigenvalue weighted by molar-refractivity contribution is 7.85. The van der Waals surface area contributed by atoms with E-state index in [9.17, 15) is 22.9 Å². The molecule has 0 aromatic heterocycles. The molecule has 0 aliphatic carbocycles. The van der Waals surface area contributed by atoms with Crippen LogP contribution in [0.15, 0.2) is 89.5 Å². The fraction of sp³-hybridized carbons (Fsp3) is 0.421. The monoisotopic (exact) mass is 645 g/mol. The maximum atomic E-state index is 11.9. The van der Waals surface area contributed by atoms with Crippen LogP contribution in [0.25, 0.3) is 0 Å². The Kier molecular flexibility index (Phi) is 11.0. The SMILES string of the molecule is CCCCCN1/C(=C/C=C/C=C/C=C/C2=[N+](CCCCC)c3ccc(C(=O)O)cc3C2(C)C)C(C)(C)c2cc(S(=O)(=O)O)ccc21. The fourth-order valence-corrected chi connectivity index (χ4v) is 7.14. The van der Waals surface area contributed by atoms with Crippen molar-refractivity contribution in [2.24, 2.45) is 0 Å². The molecule has 7 nitrogen and oxygen atoms in total. The number of benzene rings is 2. The lowest BCUT2D eigenvalue weighted by atomic mass is 9.81. The molecular formula is C38H49N2O5S+. The van der Waals surface area contributed by atoms with Crippen molar-refractivity contribution in [2.45, 2.75) is 95.8 Å². The minimum absolute atomic E-state index is 0.0861. The lowest BCUT2D eigenvalue weighted by Crippen LogP contribution is -2.28. The van der Waals surface area contributed by atoms with Gasteiger partial charge in [0, 0.05) is 47.5 Å². The zero-order chi connectivity index (χ0) is 33.7. The van der Waals surface area contributed by atoms with Crippen molar-refractivity contribution in [2.75, 3.05) is 18.0 Å². The summed E-state index contributed by atoms with van der Waals surface area (Å²) in [5, 5.41) is 9.59. The van der Waals surface area contributed by atoms with E-state index in [1.54, 1.807) is 18.2 Å². The molecule has 46 heavy (non-hydrogen) atoms. The van der Waals surface area contributed by atoms with E-state index in [1.165, 1.54) is 6.07 Å². The van der Waals surface area contributed by atoms with Crippen LogP contribution in [0.5, 0.6) is 0 Å². The first-order valence-corrected chi connectivity index (χ1v) is 17.8. The lowest BCUT2D eigenvalue weighted by Gasteiger charge is -2.27. The van der Waals surface area contributed by atoms with Gasteiger partial charge in [-0.05, 0) is 68.7 Å². The van der Waals surface area contributed by atoms with Crippen LogP contribution in [0.3, 0.4) is 0 Å². The van der Waals surface area contributed by atoms with E-state index >= 15 is 0 Å². The summed E-state index contributed by atoms with van der Waals surface area (Å²) in [6.45, 7) is 14.5. The van der Waals surface area contributed by atoms with Gasteiger partial charge in [-0.3, -0.25) is 4.55 Å². The highest BCUT2D eigenvalue weighted by atomic mass is 32.2. The maximum absolute atomic E-state index is 11.9. The van der Waals surface area contributed by atoms with Crippen molar-refractivity contribution in [3.63, 3.8) is 0 Å². The molecular weight excluding hydrogens is 596 g/mol. The first-order valence-electron chi connectivity index (χ1n) is 16.4. The number of hydrogen-bond donors (Lipinski definition) is 2. The van der Waals surface area contributed by atoms with Gasteiger partial charge in [0.2, 0.25) is 5.69 Å². The van der Waals surface area contributed by atoms with Crippen molar-refractivity contribution >= 4 is 33.2 Å². The molecule has 246 valence electrons. The molecule has 2 aliphatic rings. The number of carbonyl (C=O) groups is 1. The number of hydrogen-bond acceptors (Lipinski definition) is 4. The van der Waals surface area contributed by atoms with Gasteiger partial charge in [-0.15, -0.1) is 0 Å². The van der Waals surface area contributed by atoms with E-state index in [1.807, 2.05) is 42.5 Å². The molecule has 0 radical (unpaired) electrons. The van der Waals surface area contributed by atoms with Crippen LogP contribution < -0.4 is 4.90 Å². The van der Waals surface area contributed by atoms with E-state index in [2.05, 4.69) is 63.2 Å². The molecule has 2 aromatic carbocycles. The van der Waals surface area contributed by atoms with Crippen molar-refractivity contribution in [1.82, 2.24) is 0 Å². The summed E-state index contributed by atoms with van der Waals surface area (Å²) in [4.78, 5) is 13.9. The summed E-state index contributed by atoms with van der Waals surface area (Å²) in [6, 6.07) is 10.3. The van der Waals surface area contributed by atoms with E-state index < -0.39 is 21.5 Å². The van der Waals surface area contributed by atoms with Crippen molar-refractivity contribution in [1.29, 1.82) is 0 Å². The maximum Gasteiger partial charge on any atom is 0.335 e. The molecule has 0 saturated heterocycles. The van der Waals surface area contributed by atoms with Crippen molar-refractivity contribution in [3.8, 4) is 0 Å². The van der Waals surface area contributed by atoms with Gasteiger partial charge in [-0.25, -0.2) is 4.79 Å². The van der Waals surface area contributed by atoms with Gasteiger partial charge in [0.15, 0.2) is 5.71 Å². The van der Waals surface area contributed by atoms with Crippen molar-refractivity contribution < 1.29 is 27.4 Å². The largest absolute Gasteiger partial charge is 0.478 e. The Morgan fingerprint density at radius 1 is 0.848 bits per heavy atom. The number of carboxylic acids is 1. The number of rotatable bonds is 14. The Bertz CT molecular complexity index is 1720. The molecule has 2 heterocycles. The second kappa shape index (κ2) is 14.3. The summed E-state index contributed by atoms with van der Waals surface area (Å²) < 4.78 is 35.8. The molecule has 0 unspecified atom stereocenters. The summed E-state index contributed by atoms with van der Waals surface area (Å²) >= 11 is 0. The Labute approximate surface area is 275 Å². The third kappa shape index (κ3) is 7.29. The van der Waals surface area contributed by atoms with Gasteiger partial charge in [-0.2, -0.15) is 13.0 Å². The highest BCUT2D eigenvalue weighted by Gasteiger charge is 2.44. The van der Waals surface area contributed by atoms with Gasteiger partial charge >= 0.3 is 5.97 Å². The predicted octanol–water partition coefficient (Wildman–Crippen LogP) is 8.74. The first-order chi connectivity index (χ1) is 21.7. The summed E-state index contributed by atoms with van der Waals surface area (Å²) in [7, 11) is -4.30. The zero-order valence-electron chi connectivity index (χ0n) is 28.1. The van der Waals surface area contributed by atoms with Crippen LogP contribution in [0, 0.1) is 0 Å². The van der Waals surface area contributed by atoms with E-state index in [0.717, 1.165) is 85.5 Å². The van der Waals surface area contributed by atoms with Gasteiger partial charge in [0.1, 0.15) is 6.54 Å². The number of carboxylic acid groups (broad SMARTS) is 1. The number of aromatic carboxylic acids is 1. The number of fused-ring (bicyclic) bond motifs is 2. The zero-order valence-corrected chi connectivity index (χ0v) is 28.9. The lowest BCUT2D eigenvalue weighted by molar-refractivity contribution is -0.438. The average Bonchev–Trinajstić information content (AvgIpc) is 3.34.